The standard InChI is InChI=1S/C15H20BN/c1-15(9-4-2-3-5-10-15)17-12-13-7-6-8-14(16)11-13/h2,4,6-8,11-12H,3,5,9-10,16H2,1H3/b17-12+. The van der Waals surface area contributed by atoms with Gasteiger partial charge in [-0.3, -0.25) is 4.99 Å². The highest BCUT2D eigenvalue weighted by Gasteiger charge is 2.21. The third-order valence-corrected chi connectivity index (χ3v) is 3.38. The molecule has 0 bridgehead atoms. The van der Waals surface area contributed by atoms with Gasteiger partial charge >= 0.3 is 0 Å². The smallest absolute Gasteiger partial charge is 0.139 e. The van der Waals surface area contributed by atoms with Crippen LogP contribution in [0.4, 0.5) is 0 Å². The molecule has 1 aromatic rings. The summed E-state index contributed by atoms with van der Waals surface area (Å²) in [4.78, 5) is 4.81. The predicted molar refractivity (Wildman–Crippen MR) is 78.2 cm³/mol. The first kappa shape index (κ1) is 12.2. The van der Waals surface area contributed by atoms with E-state index in [1.165, 1.54) is 30.3 Å². The average Bonchev–Trinajstić information content (AvgIpc) is 2.53. The molecule has 2 heteroatoms. The summed E-state index contributed by atoms with van der Waals surface area (Å²) in [5.74, 6) is 0. The molecule has 1 aromatic carbocycles. The zero-order chi connectivity index (χ0) is 12.1. The van der Waals surface area contributed by atoms with Crippen molar-refractivity contribution in [3.63, 3.8) is 0 Å². The van der Waals surface area contributed by atoms with Crippen molar-refractivity contribution in [3.05, 3.63) is 42.0 Å². The molecule has 0 fully saturated rings. The van der Waals surface area contributed by atoms with Gasteiger partial charge in [0.1, 0.15) is 7.85 Å². The van der Waals surface area contributed by atoms with E-state index in [4.69, 9.17) is 4.99 Å². The van der Waals surface area contributed by atoms with Gasteiger partial charge in [-0.05, 0) is 38.2 Å². The highest BCUT2D eigenvalue weighted by Crippen LogP contribution is 2.26. The molecule has 0 saturated heterocycles. The molecule has 0 radical (unpaired) electrons. The summed E-state index contributed by atoms with van der Waals surface area (Å²) in [6.45, 7) is 2.26. The Morgan fingerprint density at radius 3 is 3.06 bits per heavy atom. The fourth-order valence-electron chi connectivity index (χ4n) is 2.26. The summed E-state index contributed by atoms with van der Waals surface area (Å²) in [6.07, 6.45) is 11.3. The van der Waals surface area contributed by atoms with Gasteiger partial charge in [0.2, 0.25) is 0 Å². The summed E-state index contributed by atoms with van der Waals surface area (Å²) >= 11 is 0. The minimum Gasteiger partial charge on any atom is -0.286 e. The third-order valence-electron chi connectivity index (χ3n) is 3.38. The second-order valence-electron chi connectivity index (χ2n) is 5.24. The zero-order valence-electron chi connectivity index (χ0n) is 10.8. The Morgan fingerprint density at radius 1 is 1.35 bits per heavy atom. The molecule has 0 heterocycles. The molecule has 1 aliphatic rings. The van der Waals surface area contributed by atoms with Crippen molar-refractivity contribution in [1.29, 1.82) is 0 Å². The monoisotopic (exact) mass is 225 g/mol. The van der Waals surface area contributed by atoms with Crippen LogP contribution in [0.2, 0.25) is 0 Å². The highest BCUT2D eigenvalue weighted by molar-refractivity contribution is 6.32. The number of hydrogen-bond donors (Lipinski definition) is 0. The molecule has 0 spiro atoms. The second-order valence-corrected chi connectivity index (χ2v) is 5.24. The van der Waals surface area contributed by atoms with Crippen LogP contribution in [0.3, 0.4) is 0 Å². The van der Waals surface area contributed by atoms with Gasteiger partial charge in [-0.15, -0.1) is 0 Å². The maximum absolute atomic E-state index is 4.81. The van der Waals surface area contributed by atoms with Crippen molar-refractivity contribution in [2.45, 2.75) is 38.1 Å². The summed E-state index contributed by atoms with van der Waals surface area (Å²) in [7, 11) is 2.12. The van der Waals surface area contributed by atoms with Crippen molar-refractivity contribution in [1.82, 2.24) is 0 Å². The molecule has 1 aliphatic carbocycles. The third kappa shape index (κ3) is 3.59. The molecular formula is C15H20BN. The number of nitrogens with zero attached hydrogens (tertiary/aromatic N) is 1. The van der Waals surface area contributed by atoms with Crippen molar-refractivity contribution >= 4 is 19.5 Å². The predicted octanol–water partition coefficient (Wildman–Crippen LogP) is 2.25. The Morgan fingerprint density at radius 2 is 2.24 bits per heavy atom. The molecule has 0 aliphatic heterocycles. The van der Waals surface area contributed by atoms with Crippen molar-refractivity contribution in [2.75, 3.05) is 0 Å². The van der Waals surface area contributed by atoms with E-state index in [1.807, 2.05) is 6.21 Å². The maximum atomic E-state index is 4.81. The molecule has 0 amide bonds. The Bertz CT molecular complexity index is 436. The van der Waals surface area contributed by atoms with E-state index in [0.29, 0.717) is 0 Å². The molecule has 1 unspecified atom stereocenters. The summed E-state index contributed by atoms with van der Waals surface area (Å²) in [5.41, 5.74) is 2.59. The first-order valence-electron chi connectivity index (χ1n) is 6.45. The number of rotatable bonds is 2. The lowest BCUT2D eigenvalue weighted by Gasteiger charge is -2.22. The largest absolute Gasteiger partial charge is 0.286 e. The first-order chi connectivity index (χ1) is 8.18. The topological polar surface area (TPSA) is 12.4 Å². The molecule has 0 N–H and O–H groups in total. The Balaban J connectivity index is 2.11. The molecule has 17 heavy (non-hydrogen) atoms. The fraction of sp³-hybridized carbons (Fsp3) is 0.400. The molecule has 2 rings (SSSR count). The fourth-order valence-corrected chi connectivity index (χ4v) is 2.26. The average molecular weight is 225 g/mol. The van der Waals surface area contributed by atoms with Crippen LogP contribution in [0.25, 0.3) is 0 Å². The van der Waals surface area contributed by atoms with E-state index in [-0.39, 0.29) is 5.54 Å². The molecule has 88 valence electrons. The van der Waals surface area contributed by atoms with Crippen molar-refractivity contribution in [3.8, 4) is 0 Å². The lowest BCUT2D eigenvalue weighted by molar-refractivity contribution is 0.439. The van der Waals surface area contributed by atoms with Crippen LogP contribution in [-0.2, 0) is 0 Å². The lowest BCUT2D eigenvalue weighted by atomic mass is 9.93. The normalized spacial score (nSPS) is 25.0. The van der Waals surface area contributed by atoms with Gasteiger partial charge in [0.25, 0.3) is 0 Å². The summed E-state index contributed by atoms with van der Waals surface area (Å²) < 4.78 is 0. The van der Waals surface area contributed by atoms with Gasteiger partial charge in [0.15, 0.2) is 0 Å². The van der Waals surface area contributed by atoms with Gasteiger partial charge in [0.05, 0.1) is 5.54 Å². The van der Waals surface area contributed by atoms with E-state index in [1.54, 1.807) is 0 Å². The van der Waals surface area contributed by atoms with Crippen molar-refractivity contribution < 1.29 is 0 Å². The summed E-state index contributed by atoms with van der Waals surface area (Å²) in [5, 5.41) is 0. The SMILES string of the molecule is Bc1cccc(/C=N/C2(C)CC=CCCC2)c1. The van der Waals surface area contributed by atoms with Crippen molar-refractivity contribution in [2.24, 2.45) is 4.99 Å². The highest BCUT2D eigenvalue weighted by atomic mass is 14.8. The van der Waals surface area contributed by atoms with Gasteiger partial charge in [-0.25, -0.2) is 0 Å². The number of allylic oxidation sites excluding steroid dienone is 1. The van der Waals surface area contributed by atoms with E-state index in [9.17, 15) is 0 Å². The Kier molecular flexibility index (Phi) is 3.83. The van der Waals surface area contributed by atoms with Crippen LogP contribution in [0.1, 0.15) is 38.2 Å². The molecule has 1 nitrogen and oxygen atoms in total. The van der Waals surface area contributed by atoms with E-state index in [2.05, 4.69) is 51.2 Å². The Hall–Kier alpha value is -1.31. The van der Waals surface area contributed by atoms with Crippen LogP contribution in [0, 0.1) is 0 Å². The van der Waals surface area contributed by atoms with E-state index >= 15 is 0 Å². The number of hydrogen-bond acceptors (Lipinski definition) is 1. The summed E-state index contributed by atoms with van der Waals surface area (Å²) in [6, 6.07) is 8.51. The van der Waals surface area contributed by atoms with Crippen LogP contribution in [0.15, 0.2) is 41.4 Å². The lowest BCUT2D eigenvalue weighted by Crippen LogP contribution is -2.20. The van der Waals surface area contributed by atoms with Crippen LogP contribution in [-0.4, -0.2) is 19.6 Å². The quantitative estimate of drug-likeness (QED) is 0.416. The van der Waals surface area contributed by atoms with E-state index in [0.717, 1.165) is 6.42 Å². The minimum absolute atomic E-state index is 0.0940. The zero-order valence-corrected chi connectivity index (χ0v) is 10.8. The van der Waals surface area contributed by atoms with Gasteiger partial charge in [-0.2, -0.15) is 0 Å². The van der Waals surface area contributed by atoms with Gasteiger partial charge in [0, 0.05) is 6.21 Å². The number of benzene rings is 1. The van der Waals surface area contributed by atoms with Gasteiger partial charge < -0.3 is 0 Å². The maximum Gasteiger partial charge on any atom is 0.139 e. The number of aliphatic imine (C=N–C) groups is 1. The molecule has 1 atom stereocenters. The minimum atomic E-state index is 0.0940. The first-order valence-corrected chi connectivity index (χ1v) is 6.45. The van der Waals surface area contributed by atoms with Gasteiger partial charge in [-0.1, -0.05) is 41.9 Å². The molecular weight excluding hydrogens is 205 g/mol. The van der Waals surface area contributed by atoms with Crippen LogP contribution >= 0.6 is 0 Å². The molecule has 0 saturated carbocycles. The van der Waals surface area contributed by atoms with E-state index < -0.39 is 0 Å². The second kappa shape index (κ2) is 5.35. The van der Waals surface area contributed by atoms with Crippen LogP contribution < -0.4 is 5.46 Å². The molecule has 0 aromatic heterocycles. The van der Waals surface area contributed by atoms with Crippen LogP contribution in [0.5, 0.6) is 0 Å². The Labute approximate surface area is 105 Å².